The lowest BCUT2D eigenvalue weighted by molar-refractivity contribution is 0.0491. The normalized spacial score (nSPS) is 13.9. The fraction of sp³-hybridized carbons (Fsp3) is 0.476. The molecule has 0 spiro atoms. The van der Waals surface area contributed by atoms with E-state index in [2.05, 4.69) is 35.2 Å². The van der Waals surface area contributed by atoms with Gasteiger partial charge in [0, 0.05) is 51.9 Å². The van der Waals surface area contributed by atoms with Gasteiger partial charge < -0.3 is 49.3 Å². The third-order valence-electron chi connectivity index (χ3n) is 9.28. The van der Waals surface area contributed by atoms with Crippen LogP contribution in [0.3, 0.4) is 0 Å². The van der Waals surface area contributed by atoms with Crippen molar-refractivity contribution in [2.24, 2.45) is 0 Å². The number of hydrogen-bond acceptors (Lipinski definition) is 18. The van der Waals surface area contributed by atoms with E-state index < -0.39 is 0 Å². The first-order chi connectivity index (χ1) is 30.1. The maximum absolute atomic E-state index is 12.1. The molecule has 0 bridgehead atoms. The molecule has 2 aliphatic rings. The first-order valence-corrected chi connectivity index (χ1v) is 20.5. The van der Waals surface area contributed by atoms with Crippen molar-refractivity contribution in [2.75, 3.05) is 51.4 Å². The highest BCUT2D eigenvalue weighted by atomic mass is 35.5. The average Bonchev–Trinajstić information content (AvgIpc) is 3.26. The van der Waals surface area contributed by atoms with E-state index in [4.69, 9.17) is 56.3 Å². The van der Waals surface area contributed by atoms with Gasteiger partial charge in [-0.25, -0.2) is 29.5 Å². The molecule has 2 aliphatic heterocycles. The highest BCUT2D eigenvalue weighted by Gasteiger charge is 2.28. The summed E-state index contributed by atoms with van der Waals surface area (Å²) in [7, 11) is 3.01. The molecular weight excluding hydrogens is 836 g/mol. The summed E-state index contributed by atoms with van der Waals surface area (Å²) in [4.78, 5) is 51.5. The second-order valence-corrected chi connectivity index (χ2v) is 15.1. The minimum atomic E-state index is -0.300. The maximum atomic E-state index is 12.1. The molecule has 0 unspecified atom stereocenters. The van der Waals surface area contributed by atoms with E-state index in [0.717, 1.165) is 11.1 Å². The number of carbonyl (C=O) groups is 2. The number of nitrogen functional groups attached to an aromatic ring is 1. The number of nitrogens with one attached hydrogen (secondary N) is 1. The zero-order valence-electron chi connectivity index (χ0n) is 36.6. The van der Waals surface area contributed by atoms with Crippen molar-refractivity contribution in [1.82, 2.24) is 39.7 Å². The van der Waals surface area contributed by atoms with Crippen molar-refractivity contribution in [2.45, 2.75) is 91.6 Å². The van der Waals surface area contributed by atoms with Gasteiger partial charge in [0.25, 0.3) is 11.8 Å². The third kappa shape index (κ3) is 14.6. The second kappa shape index (κ2) is 23.9. The fourth-order valence-corrected chi connectivity index (χ4v) is 6.19. The average molecular weight is 889 g/mol. The highest BCUT2D eigenvalue weighted by molar-refractivity contribution is 6.31. The van der Waals surface area contributed by atoms with Crippen molar-refractivity contribution in [1.29, 1.82) is 10.5 Å². The van der Waals surface area contributed by atoms with Gasteiger partial charge in [0.05, 0.1) is 50.2 Å². The molecule has 21 heteroatoms. The molecule has 0 radical (unpaired) electrons. The molecule has 336 valence electrons. The minimum absolute atomic E-state index is 0.0528. The lowest BCUT2D eigenvalue weighted by Crippen LogP contribution is -2.42. The molecule has 6 rings (SSSR count). The van der Waals surface area contributed by atoms with E-state index in [9.17, 15) is 9.59 Å². The lowest BCUT2D eigenvalue weighted by Gasteiger charge is -2.31. The van der Waals surface area contributed by atoms with Crippen molar-refractivity contribution in [3.8, 4) is 35.4 Å². The van der Waals surface area contributed by atoms with Crippen LogP contribution in [-0.4, -0.2) is 117 Å². The van der Waals surface area contributed by atoms with Crippen LogP contribution >= 0.6 is 11.6 Å². The molecule has 20 nitrogen and oxygen atoms in total. The number of amides is 2. The van der Waals surface area contributed by atoms with Crippen LogP contribution in [0.1, 0.15) is 75.9 Å². The Hall–Kier alpha value is -6.93. The number of pyridine rings is 2. The summed E-state index contributed by atoms with van der Waals surface area (Å²) in [5.41, 5.74) is 9.27. The SMILES string of the molecule is COc1c(Cl)ncnc1OC1CCN(C(=O)OC(C)C)CC1.COc1c(Nc2cnc(C#N)cc2C)ncnc1OC1CCN(C(=O)OC(C)C)CC1.Cc1cc(C#N)ncc1N. The van der Waals surface area contributed by atoms with Gasteiger partial charge >= 0.3 is 12.2 Å². The van der Waals surface area contributed by atoms with E-state index in [0.29, 0.717) is 104 Å². The Morgan fingerprint density at radius 3 is 1.63 bits per heavy atom. The Kier molecular flexibility index (Phi) is 18.5. The van der Waals surface area contributed by atoms with Gasteiger partial charge in [0.15, 0.2) is 11.0 Å². The number of aromatic nitrogens is 6. The summed E-state index contributed by atoms with van der Waals surface area (Å²) >= 11 is 5.93. The summed E-state index contributed by atoms with van der Waals surface area (Å²) in [5, 5.41) is 20.8. The molecule has 0 aromatic carbocycles. The van der Waals surface area contributed by atoms with Crippen molar-refractivity contribution in [3.05, 3.63) is 64.8 Å². The number of piperidine rings is 2. The number of nitrogens with zero attached hydrogens (tertiary/aromatic N) is 10. The number of halogens is 1. The minimum Gasteiger partial charge on any atom is -0.489 e. The number of nitrogens with two attached hydrogens (primary N) is 1. The van der Waals surface area contributed by atoms with Crippen molar-refractivity contribution in [3.63, 3.8) is 0 Å². The highest BCUT2D eigenvalue weighted by Crippen LogP contribution is 2.35. The molecular formula is C42H53ClN12O8. The second-order valence-electron chi connectivity index (χ2n) is 14.7. The number of nitriles is 2. The number of likely N-dealkylation sites (tertiary alicyclic amines) is 2. The predicted octanol–water partition coefficient (Wildman–Crippen LogP) is 6.56. The van der Waals surface area contributed by atoms with E-state index in [1.165, 1.54) is 33.1 Å². The molecule has 2 amide bonds. The van der Waals surface area contributed by atoms with Crippen LogP contribution in [0.5, 0.6) is 23.3 Å². The Morgan fingerprint density at radius 1 is 0.730 bits per heavy atom. The number of aryl methyl sites for hydroxylation is 2. The molecule has 4 aromatic rings. The van der Waals surface area contributed by atoms with Crippen LogP contribution in [0, 0.1) is 36.5 Å². The molecule has 2 fully saturated rings. The van der Waals surface area contributed by atoms with E-state index in [1.54, 1.807) is 28.1 Å². The number of anilines is 3. The smallest absolute Gasteiger partial charge is 0.410 e. The summed E-state index contributed by atoms with van der Waals surface area (Å²) in [6, 6.07) is 7.29. The number of carbonyl (C=O) groups excluding carboxylic acids is 2. The number of hydrogen-bond donors (Lipinski definition) is 2. The standard InChI is InChI=1S/C21H26N6O4.C14H20ClN3O4.C7H7N3/c1-13(2)30-21(28)27-7-5-16(6-8-27)31-20-18(29-4)19(24-12-25-20)26-17-11-23-15(10-22)9-14(17)3;1-9(2)21-14(19)18-6-4-10(5-7-18)22-13-11(20-3)12(15)16-8-17-13;1-5-2-6(3-8)10-4-7(5)9/h9,11-13,16H,5-8H2,1-4H3,(H,24,25,26);8-10H,4-7H2,1-3H3;2,4H,9H2,1H3. The largest absolute Gasteiger partial charge is 0.489 e. The number of ether oxygens (including phenoxy) is 6. The van der Waals surface area contributed by atoms with E-state index in [1.807, 2.05) is 53.7 Å². The van der Waals surface area contributed by atoms with Gasteiger partial charge in [0.2, 0.25) is 11.5 Å². The van der Waals surface area contributed by atoms with Crippen LogP contribution in [-0.2, 0) is 9.47 Å². The third-order valence-corrected chi connectivity index (χ3v) is 9.55. The molecule has 0 saturated carbocycles. The zero-order valence-corrected chi connectivity index (χ0v) is 37.4. The van der Waals surface area contributed by atoms with E-state index in [-0.39, 0.29) is 41.8 Å². The van der Waals surface area contributed by atoms with Gasteiger partial charge in [-0.15, -0.1) is 0 Å². The summed E-state index contributed by atoms with van der Waals surface area (Å²) < 4.78 is 33.0. The first-order valence-electron chi connectivity index (χ1n) is 20.1. The Morgan fingerprint density at radius 2 is 1.19 bits per heavy atom. The topological polar surface area (TPSA) is 259 Å². The van der Waals surface area contributed by atoms with E-state index >= 15 is 0 Å². The molecule has 3 N–H and O–H groups in total. The van der Waals surface area contributed by atoms with Crippen LogP contribution in [0.25, 0.3) is 0 Å². The van der Waals surface area contributed by atoms with Gasteiger partial charge in [-0.3, -0.25) is 0 Å². The predicted molar refractivity (Wildman–Crippen MR) is 231 cm³/mol. The van der Waals surface area contributed by atoms with Crippen molar-refractivity contribution < 1.29 is 38.0 Å². The Labute approximate surface area is 371 Å². The Bertz CT molecular complexity index is 2240. The molecule has 2 saturated heterocycles. The monoisotopic (exact) mass is 888 g/mol. The zero-order chi connectivity index (χ0) is 46.1. The molecule has 6 heterocycles. The molecule has 0 aliphatic carbocycles. The number of methoxy groups -OCH3 is 2. The first kappa shape index (κ1) is 48.7. The van der Waals surface area contributed by atoms with Crippen LogP contribution in [0.15, 0.2) is 37.2 Å². The fourth-order valence-electron chi connectivity index (χ4n) is 5.99. The lowest BCUT2D eigenvalue weighted by atomic mass is 10.1. The maximum Gasteiger partial charge on any atom is 0.410 e. The van der Waals surface area contributed by atoms with Gasteiger partial charge in [-0.2, -0.15) is 20.5 Å². The molecule has 4 aromatic heterocycles. The van der Waals surface area contributed by atoms with Crippen LogP contribution in [0.4, 0.5) is 26.8 Å². The van der Waals surface area contributed by atoms with Crippen LogP contribution < -0.4 is 30.0 Å². The summed E-state index contributed by atoms with van der Waals surface area (Å²) in [6.45, 7) is 13.3. The van der Waals surface area contributed by atoms with Gasteiger partial charge in [-0.1, -0.05) is 11.6 Å². The summed E-state index contributed by atoms with van der Waals surface area (Å²) in [5.74, 6) is 1.77. The van der Waals surface area contributed by atoms with Gasteiger partial charge in [-0.05, 0) is 64.8 Å². The summed E-state index contributed by atoms with van der Waals surface area (Å²) in [6.07, 6.45) is 7.47. The van der Waals surface area contributed by atoms with Crippen LogP contribution in [0.2, 0.25) is 5.15 Å². The number of rotatable bonds is 10. The quantitative estimate of drug-likeness (QED) is 0.160. The Balaban J connectivity index is 0.000000235. The van der Waals surface area contributed by atoms with Crippen molar-refractivity contribution >= 4 is 41.0 Å². The molecule has 63 heavy (non-hydrogen) atoms. The molecule has 0 atom stereocenters. The van der Waals surface area contributed by atoms with Gasteiger partial charge in [0.1, 0.15) is 48.4 Å².